The highest BCUT2D eigenvalue weighted by Crippen LogP contribution is 2.29. The van der Waals surface area contributed by atoms with Gasteiger partial charge in [-0.2, -0.15) is 0 Å². The second kappa shape index (κ2) is 11.9. The summed E-state index contributed by atoms with van der Waals surface area (Å²) < 4.78 is 10.7. The van der Waals surface area contributed by atoms with E-state index in [1.54, 1.807) is 26.6 Å². The quantitative estimate of drug-likeness (QED) is 0.357. The van der Waals surface area contributed by atoms with Crippen LogP contribution in [0.5, 0.6) is 11.5 Å². The average molecular weight is 428 g/mol. The number of hydrogen-bond donors (Lipinski definition) is 2. The van der Waals surface area contributed by atoms with E-state index in [-0.39, 0.29) is 0 Å². The standard InChI is InChI=1S/C22H33N7O2/c1-4-23-21(27-18-7-8-19(30-2)20(17-18)31-3)24-11-6-12-28-13-15-29(16-14-28)22-25-9-5-10-26-22/h5,7-10,17H,4,6,11-16H2,1-3H3,(H2,23,24,27). The van der Waals surface area contributed by atoms with Crippen LogP contribution in [0.3, 0.4) is 0 Å². The van der Waals surface area contributed by atoms with Crippen LogP contribution in [0.25, 0.3) is 0 Å². The molecule has 0 atom stereocenters. The first-order chi connectivity index (χ1) is 15.2. The molecule has 2 heterocycles. The van der Waals surface area contributed by atoms with Crippen molar-refractivity contribution < 1.29 is 9.47 Å². The smallest absolute Gasteiger partial charge is 0.225 e. The fourth-order valence-electron chi connectivity index (χ4n) is 3.47. The van der Waals surface area contributed by atoms with Gasteiger partial charge in [0, 0.05) is 70.0 Å². The van der Waals surface area contributed by atoms with Crippen molar-refractivity contribution in [3.63, 3.8) is 0 Å². The lowest BCUT2D eigenvalue weighted by atomic mass is 10.2. The number of nitrogens with one attached hydrogen (secondary N) is 2. The molecule has 31 heavy (non-hydrogen) atoms. The number of methoxy groups -OCH3 is 2. The van der Waals surface area contributed by atoms with E-state index < -0.39 is 0 Å². The van der Waals surface area contributed by atoms with Gasteiger partial charge in [0.2, 0.25) is 5.95 Å². The number of anilines is 2. The lowest BCUT2D eigenvalue weighted by Gasteiger charge is -2.34. The zero-order valence-corrected chi connectivity index (χ0v) is 18.7. The third kappa shape index (κ3) is 6.71. The van der Waals surface area contributed by atoms with Crippen molar-refractivity contribution in [2.75, 3.05) is 70.2 Å². The summed E-state index contributed by atoms with van der Waals surface area (Å²) in [6.07, 6.45) is 4.60. The van der Waals surface area contributed by atoms with Crippen molar-refractivity contribution in [1.29, 1.82) is 0 Å². The Labute approximate surface area is 184 Å². The molecule has 0 saturated carbocycles. The van der Waals surface area contributed by atoms with Crippen LogP contribution in [0.15, 0.2) is 41.7 Å². The summed E-state index contributed by atoms with van der Waals surface area (Å²) in [4.78, 5) is 18.1. The molecule has 0 bridgehead atoms. The number of ether oxygens (including phenoxy) is 2. The summed E-state index contributed by atoms with van der Waals surface area (Å²) in [6, 6.07) is 7.58. The monoisotopic (exact) mass is 427 g/mol. The average Bonchev–Trinajstić information content (AvgIpc) is 2.82. The highest BCUT2D eigenvalue weighted by Gasteiger charge is 2.18. The molecule has 2 N–H and O–H groups in total. The SMILES string of the molecule is CCNC(=NCCCN1CCN(c2ncccn2)CC1)Nc1ccc(OC)c(OC)c1. The molecule has 2 aromatic rings. The number of hydrogen-bond acceptors (Lipinski definition) is 7. The molecule has 168 valence electrons. The van der Waals surface area contributed by atoms with Gasteiger partial charge in [0.1, 0.15) is 0 Å². The Bertz CT molecular complexity index is 824. The molecule has 1 saturated heterocycles. The molecule has 0 unspecified atom stereocenters. The Morgan fingerprint density at radius 3 is 2.48 bits per heavy atom. The minimum Gasteiger partial charge on any atom is -0.493 e. The fourth-order valence-corrected chi connectivity index (χ4v) is 3.47. The van der Waals surface area contributed by atoms with Crippen molar-refractivity contribution in [2.45, 2.75) is 13.3 Å². The second-order valence-corrected chi connectivity index (χ2v) is 7.19. The molecule has 0 spiro atoms. The topological polar surface area (TPSA) is 87.1 Å². The van der Waals surface area contributed by atoms with Gasteiger partial charge in [-0.3, -0.25) is 9.89 Å². The van der Waals surface area contributed by atoms with Crippen LogP contribution in [0, 0.1) is 0 Å². The van der Waals surface area contributed by atoms with Crippen molar-refractivity contribution in [3.8, 4) is 11.5 Å². The Balaban J connectivity index is 1.45. The first-order valence-electron chi connectivity index (χ1n) is 10.7. The molecular weight excluding hydrogens is 394 g/mol. The highest BCUT2D eigenvalue weighted by molar-refractivity contribution is 5.93. The Morgan fingerprint density at radius 2 is 1.81 bits per heavy atom. The van der Waals surface area contributed by atoms with E-state index in [0.717, 1.165) is 69.8 Å². The summed E-state index contributed by atoms with van der Waals surface area (Å²) >= 11 is 0. The molecule has 3 rings (SSSR count). The van der Waals surface area contributed by atoms with Crippen LogP contribution in [-0.4, -0.2) is 80.9 Å². The minimum atomic E-state index is 0.684. The van der Waals surface area contributed by atoms with Crippen LogP contribution >= 0.6 is 0 Å². The van der Waals surface area contributed by atoms with Crippen LogP contribution in [0.1, 0.15) is 13.3 Å². The van der Waals surface area contributed by atoms with Gasteiger partial charge in [0.15, 0.2) is 17.5 Å². The zero-order valence-electron chi connectivity index (χ0n) is 18.7. The number of nitrogens with zero attached hydrogens (tertiary/aromatic N) is 5. The number of rotatable bonds is 9. The van der Waals surface area contributed by atoms with Gasteiger partial charge in [0.25, 0.3) is 0 Å². The molecule has 1 aliphatic rings. The maximum atomic E-state index is 5.38. The maximum absolute atomic E-state index is 5.38. The van der Waals surface area contributed by atoms with Crippen LogP contribution < -0.4 is 25.0 Å². The van der Waals surface area contributed by atoms with Gasteiger partial charge < -0.3 is 25.0 Å². The predicted molar refractivity (Wildman–Crippen MR) is 124 cm³/mol. The number of guanidine groups is 1. The maximum Gasteiger partial charge on any atom is 0.225 e. The predicted octanol–water partition coefficient (Wildman–Crippen LogP) is 2.08. The highest BCUT2D eigenvalue weighted by atomic mass is 16.5. The molecule has 1 aromatic carbocycles. The summed E-state index contributed by atoms with van der Waals surface area (Å²) in [5.41, 5.74) is 0.900. The first kappa shape index (κ1) is 22.6. The molecule has 0 aliphatic carbocycles. The van der Waals surface area contributed by atoms with E-state index in [4.69, 9.17) is 14.5 Å². The van der Waals surface area contributed by atoms with Gasteiger partial charge in [-0.15, -0.1) is 0 Å². The van der Waals surface area contributed by atoms with Crippen molar-refractivity contribution >= 4 is 17.6 Å². The lowest BCUT2D eigenvalue weighted by molar-refractivity contribution is 0.255. The zero-order chi connectivity index (χ0) is 21.9. The molecule has 9 heteroatoms. The molecule has 1 aromatic heterocycles. The van der Waals surface area contributed by atoms with E-state index in [1.807, 2.05) is 24.3 Å². The van der Waals surface area contributed by atoms with Gasteiger partial charge in [-0.1, -0.05) is 0 Å². The molecule has 9 nitrogen and oxygen atoms in total. The third-order valence-corrected chi connectivity index (χ3v) is 5.10. The minimum absolute atomic E-state index is 0.684. The molecule has 0 amide bonds. The number of benzene rings is 1. The van der Waals surface area contributed by atoms with Crippen LogP contribution in [0.4, 0.5) is 11.6 Å². The van der Waals surface area contributed by atoms with E-state index in [1.165, 1.54) is 0 Å². The van der Waals surface area contributed by atoms with Crippen LogP contribution in [0.2, 0.25) is 0 Å². The summed E-state index contributed by atoms with van der Waals surface area (Å²) in [5, 5.41) is 6.63. The van der Waals surface area contributed by atoms with Gasteiger partial charge in [-0.05, 0) is 31.5 Å². The first-order valence-corrected chi connectivity index (χ1v) is 10.7. The van der Waals surface area contributed by atoms with Gasteiger partial charge >= 0.3 is 0 Å². The van der Waals surface area contributed by atoms with Gasteiger partial charge in [0.05, 0.1) is 14.2 Å². The molecule has 0 radical (unpaired) electrons. The van der Waals surface area contributed by atoms with Gasteiger partial charge in [-0.25, -0.2) is 9.97 Å². The summed E-state index contributed by atoms with van der Waals surface area (Å²) in [7, 11) is 3.26. The number of aromatic nitrogens is 2. The molecule has 1 aliphatic heterocycles. The van der Waals surface area contributed by atoms with E-state index in [9.17, 15) is 0 Å². The van der Waals surface area contributed by atoms with Crippen molar-refractivity contribution in [1.82, 2.24) is 20.2 Å². The molecule has 1 fully saturated rings. The second-order valence-electron chi connectivity index (χ2n) is 7.19. The third-order valence-electron chi connectivity index (χ3n) is 5.10. The Kier molecular flexibility index (Phi) is 8.71. The Morgan fingerprint density at radius 1 is 1.06 bits per heavy atom. The normalized spacial score (nSPS) is 14.9. The van der Waals surface area contributed by atoms with Crippen molar-refractivity contribution in [2.24, 2.45) is 4.99 Å². The van der Waals surface area contributed by atoms with Crippen LogP contribution in [-0.2, 0) is 0 Å². The lowest BCUT2D eigenvalue weighted by Crippen LogP contribution is -2.47. The van der Waals surface area contributed by atoms with E-state index in [0.29, 0.717) is 11.5 Å². The van der Waals surface area contributed by atoms with Crippen molar-refractivity contribution in [3.05, 3.63) is 36.7 Å². The summed E-state index contributed by atoms with van der Waals surface area (Å²) in [6.45, 7) is 8.59. The Hall–Kier alpha value is -3.07. The largest absolute Gasteiger partial charge is 0.493 e. The van der Waals surface area contributed by atoms with E-state index >= 15 is 0 Å². The number of aliphatic imine (C=N–C) groups is 1. The summed E-state index contributed by atoms with van der Waals surface area (Å²) in [5.74, 6) is 2.97. The van der Waals surface area contributed by atoms with E-state index in [2.05, 4.69) is 37.3 Å². The molecular formula is C22H33N7O2. The fraction of sp³-hybridized carbons (Fsp3) is 0.500. The number of piperazine rings is 1.